The second-order valence-electron chi connectivity index (χ2n) is 2.54. The lowest BCUT2D eigenvalue weighted by Gasteiger charge is -2.05. The molecule has 0 heterocycles. The van der Waals surface area contributed by atoms with Crippen LogP contribution >= 0.6 is 11.6 Å². The van der Waals surface area contributed by atoms with Crippen molar-refractivity contribution in [1.82, 2.24) is 5.32 Å². The van der Waals surface area contributed by atoms with Crippen molar-refractivity contribution in [3.8, 4) is 0 Å². The van der Waals surface area contributed by atoms with Crippen molar-refractivity contribution in [1.29, 1.82) is 0 Å². The predicted molar refractivity (Wildman–Crippen MR) is 53.0 cm³/mol. The van der Waals surface area contributed by atoms with Crippen molar-refractivity contribution < 1.29 is 24.2 Å². The van der Waals surface area contributed by atoms with Crippen LogP contribution in [0, 0.1) is 0 Å². The molecule has 0 saturated heterocycles. The highest BCUT2D eigenvalue weighted by Gasteiger charge is 1.97. The lowest BCUT2D eigenvalue weighted by atomic mass is 10.6. The third-order valence-electron chi connectivity index (χ3n) is 1.29. The maximum Gasteiger partial charge on any atom is 0.329 e. The van der Waals surface area contributed by atoms with E-state index in [1.54, 1.807) is 0 Å². The molecule has 0 rings (SSSR count). The lowest BCUT2D eigenvalue weighted by Crippen LogP contribution is -2.28. The van der Waals surface area contributed by atoms with Gasteiger partial charge in [-0.1, -0.05) is 0 Å². The van der Waals surface area contributed by atoms with Gasteiger partial charge in [0.25, 0.3) is 0 Å². The first-order chi connectivity index (χ1) is 7.16. The monoisotopic (exact) mass is 239 g/mol. The number of hydrogen-bond donors (Lipinski definition) is 2. The Hall–Kier alpha value is -0.850. The van der Waals surface area contributed by atoms with Crippen LogP contribution in [-0.4, -0.2) is 55.8 Å². The fourth-order valence-electron chi connectivity index (χ4n) is 0.689. The average molecular weight is 240 g/mol. The molecule has 0 bridgehead atoms. The number of alkyl halides is 1. The molecular formula is C8H14ClNO5. The molecule has 0 atom stereocenters. The minimum atomic E-state index is -1.01. The minimum Gasteiger partial charge on any atom is -0.480 e. The normalized spacial score (nSPS) is 9.93. The Morgan fingerprint density at radius 1 is 1.20 bits per heavy atom. The predicted octanol–water partition coefficient (Wildman–Crippen LogP) is -0.541. The van der Waals surface area contributed by atoms with Crippen LogP contribution in [0.5, 0.6) is 0 Å². The summed E-state index contributed by atoms with van der Waals surface area (Å²) in [5.74, 6) is -1.33. The Labute approximate surface area is 92.5 Å². The molecule has 0 aliphatic carbocycles. The van der Waals surface area contributed by atoms with Gasteiger partial charge in [0.2, 0.25) is 5.91 Å². The largest absolute Gasteiger partial charge is 0.480 e. The number of halogens is 1. The second kappa shape index (κ2) is 9.70. The van der Waals surface area contributed by atoms with Gasteiger partial charge in [-0.25, -0.2) is 4.79 Å². The summed E-state index contributed by atoms with van der Waals surface area (Å²) in [5, 5.41) is 10.7. The van der Waals surface area contributed by atoms with Crippen molar-refractivity contribution >= 4 is 23.5 Å². The van der Waals surface area contributed by atoms with Gasteiger partial charge in [0, 0.05) is 6.54 Å². The first-order valence-electron chi connectivity index (χ1n) is 4.36. The highest BCUT2D eigenvalue weighted by Crippen LogP contribution is 1.79. The van der Waals surface area contributed by atoms with Gasteiger partial charge < -0.3 is 19.9 Å². The number of carboxylic acids is 1. The lowest BCUT2D eigenvalue weighted by molar-refractivity contribution is -0.142. The zero-order valence-electron chi connectivity index (χ0n) is 8.20. The first-order valence-corrected chi connectivity index (χ1v) is 4.90. The summed E-state index contributed by atoms with van der Waals surface area (Å²) in [6, 6.07) is 0. The maximum atomic E-state index is 10.6. The summed E-state index contributed by atoms with van der Waals surface area (Å²) in [6.07, 6.45) is 0. The summed E-state index contributed by atoms with van der Waals surface area (Å²) in [5.41, 5.74) is 0. The zero-order valence-corrected chi connectivity index (χ0v) is 8.96. The molecule has 0 aliphatic heterocycles. The molecular weight excluding hydrogens is 226 g/mol. The highest BCUT2D eigenvalue weighted by molar-refractivity contribution is 6.27. The SMILES string of the molecule is O=C(O)COCCOCCNC(=O)CCl. The van der Waals surface area contributed by atoms with Crippen LogP contribution in [0.1, 0.15) is 0 Å². The molecule has 0 aromatic carbocycles. The number of rotatable bonds is 9. The van der Waals surface area contributed by atoms with Gasteiger partial charge in [-0.2, -0.15) is 0 Å². The van der Waals surface area contributed by atoms with Crippen molar-refractivity contribution in [2.45, 2.75) is 0 Å². The molecule has 0 aromatic heterocycles. The number of hydrogen-bond acceptors (Lipinski definition) is 4. The number of ether oxygens (including phenoxy) is 2. The fourth-order valence-corrected chi connectivity index (χ4v) is 0.784. The zero-order chi connectivity index (χ0) is 11.5. The third kappa shape index (κ3) is 11.1. The van der Waals surface area contributed by atoms with Crippen molar-refractivity contribution in [2.24, 2.45) is 0 Å². The third-order valence-corrected chi connectivity index (χ3v) is 1.53. The van der Waals surface area contributed by atoms with E-state index < -0.39 is 5.97 Å². The topological polar surface area (TPSA) is 84.9 Å². The van der Waals surface area contributed by atoms with Gasteiger partial charge in [0.1, 0.15) is 12.5 Å². The van der Waals surface area contributed by atoms with Crippen LogP contribution in [0.25, 0.3) is 0 Å². The van der Waals surface area contributed by atoms with Crippen LogP contribution in [0.4, 0.5) is 0 Å². The van der Waals surface area contributed by atoms with Crippen LogP contribution in [0.15, 0.2) is 0 Å². The van der Waals surface area contributed by atoms with Crippen molar-refractivity contribution in [3.63, 3.8) is 0 Å². The molecule has 0 unspecified atom stereocenters. The summed E-state index contributed by atoms with van der Waals surface area (Å²) in [4.78, 5) is 20.7. The molecule has 6 nitrogen and oxygen atoms in total. The van der Waals surface area contributed by atoms with Gasteiger partial charge in [-0.3, -0.25) is 4.79 Å². The van der Waals surface area contributed by atoms with Crippen molar-refractivity contribution in [3.05, 3.63) is 0 Å². The number of nitrogens with one attached hydrogen (secondary N) is 1. The molecule has 2 N–H and O–H groups in total. The Balaban J connectivity index is 3.05. The average Bonchev–Trinajstić information content (AvgIpc) is 2.21. The van der Waals surface area contributed by atoms with E-state index in [9.17, 15) is 9.59 Å². The molecule has 0 radical (unpaired) electrons. The van der Waals surface area contributed by atoms with Crippen LogP contribution in [0.2, 0.25) is 0 Å². The van der Waals surface area contributed by atoms with Crippen LogP contribution in [0.3, 0.4) is 0 Å². The van der Waals surface area contributed by atoms with E-state index in [2.05, 4.69) is 5.32 Å². The van der Waals surface area contributed by atoms with E-state index in [-0.39, 0.29) is 25.0 Å². The number of aliphatic carboxylic acids is 1. The van der Waals surface area contributed by atoms with E-state index in [1.165, 1.54) is 0 Å². The van der Waals surface area contributed by atoms with E-state index in [4.69, 9.17) is 26.2 Å². The smallest absolute Gasteiger partial charge is 0.329 e. The molecule has 1 amide bonds. The molecule has 7 heteroatoms. The summed E-state index contributed by atoms with van der Waals surface area (Å²) >= 11 is 5.23. The van der Waals surface area contributed by atoms with Gasteiger partial charge >= 0.3 is 5.97 Å². The Morgan fingerprint density at radius 3 is 2.47 bits per heavy atom. The van der Waals surface area contributed by atoms with Gasteiger partial charge in [0.05, 0.1) is 19.8 Å². The molecule has 88 valence electrons. The van der Waals surface area contributed by atoms with E-state index in [0.29, 0.717) is 19.8 Å². The summed E-state index contributed by atoms with van der Waals surface area (Å²) in [7, 11) is 0. The number of carboxylic acid groups (broad SMARTS) is 1. The van der Waals surface area contributed by atoms with E-state index in [1.807, 2.05) is 0 Å². The van der Waals surface area contributed by atoms with Gasteiger partial charge in [0.15, 0.2) is 0 Å². The minimum absolute atomic E-state index is 0.0677. The number of carbonyl (C=O) groups is 2. The second-order valence-corrected chi connectivity index (χ2v) is 2.81. The van der Waals surface area contributed by atoms with Gasteiger partial charge in [-0.15, -0.1) is 11.6 Å². The standard InChI is InChI=1S/C8H14ClNO5/c9-5-7(11)10-1-2-14-3-4-15-6-8(12)13/h1-6H2,(H,10,11)(H,12,13). The Kier molecular flexibility index (Phi) is 9.15. The first kappa shape index (κ1) is 14.2. The number of amides is 1. The molecule has 0 spiro atoms. The quantitative estimate of drug-likeness (QED) is 0.417. The van der Waals surface area contributed by atoms with Gasteiger partial charge in [-0.05, 0) is 0 Å². The highest BCUT2D eigenvalue weighted by atomic mass is 35.5. The molecule has 0 saturated carbocycles. The molecule has 0 fully saturated rings. The van der Waals surface area contributed by atoms with E-state index in [0.717, 1.165) is 0 Å². The van der Waals surface area contributed by atoms with Crippen molar-refractivity contribution in [2.75, 3.05) is 38.9 Å². The van der Waals surface area contributed by atoms with Crippen LogP contribution < -0.4 is 5.32 Å². The fraction of sp³-hybridized carbons (Fsp3) is 0.750. The molecule has 0 aliphatic rings. The summed E-state index contributed by atoms with van der Waals surface area (Å²) in [6.45, 7) is 0.912. The maximum absolute atomic E-state index is 10.6. The van der Waals surface area contributed by atoms with Crippen LogP contribution in [-0.2, 0) is 19.1 Å². The Morgan fingerprint density at radius 2 is 1.87 bits per heavy atom. The van der Waals surface area contributed by atoms with E-state index >= 15 is 0 Å². The Bertz CT molecular complexity index is 199. The molecule has 0 aromatic rings. The molecule has 15 heavy (non-hydrogen) atoms. The number of carbonyl (C=O) groups excluding carboxylic acids is 1. The summed E-state index contributed by atoms with van der Waals surface area (Å²) < 4.78 is 9.75.